The van der Waals surface area contributed by atoms with Gasteiger partial charge in [-0.05, 0) is 72.6 Å². The first-order chi connectivity index (χ1) is 23.5. The lowest BCUT2D eigenvalue weighted by Crippen LogP contribution is -2.54. The second kappa shape index (κ2) is 13.2. The molecule has 0 atom stereocenters. The van der Waals surface area contributed by atoms with Gasteiger partial charge >= 0.3 is 37.1 Å². The van der Waals surface area contributed by atoms with Crippen molar-refractivity contribution in [3.63, 3.8) is 0 Å². The number of rotatable bonds is 7. The predicted octanol–water partition coefficient (Wildman–Crippen LogP) is 9.73. The highest BCUT2D eigenvalue weighted by Gasteiger charge is 2.73. The summed E-state index contributed by atoms with van der Waals surface area (Å²) in [7, 11) is 0. The molecule has 0 aliphatic heterocycles. The van der Waals surface area contributed by atoms with Crippen molar-refractivity contribution < 1.29 is 94.3 Å². The van der Waals surface area contributed by atoms with Crippen molar-refractivity contribution in [3.05, 3.63) is 104 Å². The fraction of sp³-hybridized carbons (Fsp3) is 0.438. The fourth-order valence-corrected chi connectivity index (χ4v) is 5.46. The molecule has 0 spiro atoms. The van der Waals surface area contributed by atoms with E-state index < -0.39 is 111 Å². The second-order valence-corrected chi connectivity index (χ2v) is 12.2. The van der Waals surface area contributed by atoms with E-state index in [1.807, 2.05) is 0 Å². The van der Waals surface area contributed by atoms with Gasteiger partial charge in [0.2, 0.25) is 0 Å². The van der Waals surface area contributed by atoms with Gasteiger partial charge < -0.3 is 15.3 Å². The molecule has 0 saturated carbocycles. The molecule has 0 heterocycles. The summed E-state index contributed by atoms with van der Waals surface area (Å²) in [5.74, 6) is 0. The van der Waals surface area contributed by atoms with E-state index in [-0.39, 0.29) is 47.5 Å². The maximum atomic E-state index is 14.0. The first-order valence-corrected chi connectivity index (χ1v) is 14.4. The van der Waals surface area contributed by atoms with Crippen LogP contribution >= 0.6 is 0 Å². The van der Waals surface area contributed by atoms with Crippen molar-refractivity contribution >= 4 is 0 Å². The minimum absolute atomic E-state index is 0.0704. The number of alkyl halides is 18. The average molecular weight is 799 g/mol. The van der Waals surface area contributed by atoms with Crippen LogP contribution in [0.3, 0.4) is 0 Å². The van der Waals surface area contributed by atoms with Crippen LogP contribution in [0.1, 0.15) is 55.6 Å². The van der Waals surface area contributed by atoms with Crippen LogP contribution in [-0.4, -0.2) is 52.4 Å². The van der Waals surface area contributed by atoms with Crippen LogP contribution in [0.25, 0.3) is 0 Å². The molecule has 3 aromatic carbocycles. The van der Waals surface area contributed by atoms with E-state index in [1.165, 1.54) is 0 Å². The highest BCUT2D eigenvalue weighted by Crippen LogP contribution is 2.53. The van der Waals surface area contributed by atoms with Gasteiger partial charge in [-0.3, -0.25) is 0 Å². The Balaban J connectivity index is 2.40. The minimum atomic E-state index is -6.58. The largest absolute Gasteiger partial charge is 0.430 e. The number of aliphatic hydroxyl groups is 3. The summed E-state index contributed by atoms with van der Waals surface area (Å²) in [4.78, 5) is 0. The zero-order valence-electron chi connectivity index (χ0n) is 26.7. The highest BCUT2D eigenvalue weighted by molar-refractivity contribution is 5.49. The van der Waals surface area contributed by atoms with Gasteiger partial charge in [0.1, 0.15) is 0 Å². The van der Waals surface area contributed by atoms with Gasteiger partial charge in [0.25, 0.3) is 16.8 Å². The average Bonchev–Trinajstić information content (AvgIpc) is 2.96. The summed E-state index contributed by atoms with van der Waals surface area (Å²) in [5.41, 5.74) is -26.1. The van der Waals surface area contributed by atoms with Crippen molar-refractivity contribution in [3.8, 4) is 0 Å². The lowest BCUT2D eigenvalue weighted by Gasteiger charge is -2.34. The first-order valence-electron chi connectivity index (χ1n) is 14.4. The second-order valence-electron chi connectivity index (χ2n) is 12.2. The van der Waals surface area contributed by atoms with E-state index >= 15 is 0 Å². The van der Waals surface area contributed by atoms with Gasteiger partial charge in [0.05, 0.1) is 0 Å². The van der Waals surface area contributed by atoms with Crippen LogP contribution < -0.4 is 0 Å². The Kier molecular flexibility index (Phi) is 10.9. The molecule has 3 rings (SSSR count). The number of hydrogen-bond donors (Lipinski definition) is 3. The molecule has 0 aromatic heterocycles. The molecule has 0 saturated heterocycles. The quantitative estimate of drug-likeness (QED) is 0.209. The topological polar surface area (TPSA) is 60.7 Å². The molecule has 21 heteroatoms. The third kappa shape index (κ3) is 7.39. The summed E-state index contributed by atoms with van der Waals surface area (Å²) >= 11 is 0. The van der Waals surface area contributed by atoms with Crippen LogP contribution in [0.2, 0.25) is 0 Å². The fourth-order valence-electron chi connectivity index (χ4n) is 5.46. The molecule has 53 heavy (non-hydrogen) atoms. The molecule has 3 N–H and O–H groups in total. The zero-order valence-corrected chi connectivity index (χ0v) is 26.7. The van der Waals surface area contributed by atoms with Crippen LogP contribution in [0.15, 0.2) is 48.5 Å². The molecule has 3 aromatic rings. The summed E-state index contributed by atoms with van der Waals surface area (Å²) in [6.45, 7) is 3.05. The summed E-state index contributed by atoms with van der Waals surface area (Å²) in [6, 6.07) is 2.05. The molecule has 296 valence electrons. The number of halogens is 18. The van der Waals surface area contributed by atoms with E-state index in [2.05, 4.69) is 0 Å². The summed E-state index contributed by atoms with van der Waals surface area (Å²) < 4.78 is 247. The minimum Gasteiger partial charge on any atom is -0.369 e. The van der Waals surface area contributed by atoms with Gasteiger partial charge in [-0.2, -0.15) is 79.0 Å². The zero-order chi connectivity index (χ0) is 41.3. The third-order valence-corrected chi connectivity index (χ3v) is 8.80. The number of aryl methyl sites for hydroxylation is 2. The molecule has 0 fully saturated rings. The van der Waals surface area contributed by atoms with Crippen molar-refractivity contribution in [2.75, 3.05) is 0 Å². The van der Waals surface area contributed by atoms with Crippen molar-refractivity contribution in [2.45, 2.75) is 87.5 Å². The summed E-state index contributed by atoms with van der Waals surface area (Å²) in [5, 5.41) is 29.9. The van der Waals surface area contributed by atoms with Gasteiger partial charge in [0.15, 0.2) is 0 Å². The lowest BCUT2D eigenvalue weighted by molar-refractivity contribution is -0.376. The maximum Gasteiger partial charge on any atom is 0.430 e. The van der Waals surface area contributed by atoms with Crippen LogP contribution in [-0.2, 0) is 29.6 Å². The van der Waals surface area contributed by atoms with Crippen LogP contribution in [0.4, 0.5) is 79.0 Å². The maximum absolute atomic E-state index is 14.0. The smallest absolute Gasteiger partial charge is 0.369 e. The van der Waals surface area contributed by atoms with Gasteiger partial charge in [-0.1, -0.05) is 48.5 Å². The molecule has 0 unspecified atom stereocenters. The Bertz CT molecular complexity index is 1670. The molecule has 0 amide bonds. The predicted molar refractivity (Wildman–Crippen MR) is 147 cm³/mol. The molecule has 3 nitrogen and oxygen atoms in total. The standard InChI is InChI=1S/C32H24F18O3/c1-14-4-6-21(24(51,27(33,34)35)28(36,37)38)10-17(14)8-19-12-23(26(53,31(45,46)47)32(48,49)50)13-20(16(19)3)9-18-11-22(7-5-15(18)2)25(52,29(39,40)41)30(42,43)44/h4-7,10-13,51-53H,8-9H2,1-3H3. The molecular formula is C32H24F18O3. The van der Waals surface area contributed by atoms with Gasteiger partial charge in [-0.25, -0.2) is 0 Å². The van der Waals surface area contributed by atoms with Gasteiger partial charge in [-0.15, -0.1) is 0 Å². The molecule has 0 radical (unpaired) electrons. The summed E-state index contributed by atoms with van der Waals surface area (Å²) in [6.07, 6.45) is -41.0. The number of hydrogen-bond acceptors (Lipinski definition) is 3. The Morgan fingerprint density at radius 1 is 0.358 bits per heavy atom. The van der Waals surface area contributed by atoms with E-state index in [1.54, 1.807) is 0 Å². The van der Waals surface area contributed by atoms with Crippen LogP contribution in [0.5, 0.6) is 0 Å². The number of benzene rings is 3. The molecular weight excluding hydrogens is 774 g/mol. The Hall–Kier alpha value is -3.72. The van der Waals surface area contributed by atoms with Crippen molar-refractivity contribution in [1.29, 1.82) is 0 Å². The first kappa shape index (κ1) is 43.7. The van der Waals surface area contributed by atoms with Crippen LogP contribution in [0, 0.1) is 20.8 Å². The Morgan fingerprint density at radius 3 is 0.830 bits per heavy atom. The van der Waals surface area contributed by atoms with Gasteiger partial charge in [0, 0.05) is 16.7 Å². The third-order valence-electron chi connectivity index (χ3n) is 8.80. The molecule has 0 bridgehead atoms. The van der Waals surface area contributed by atoms with Crippen molar-refractivity contribution in [1.82, 2.24) is 0 Å². The molecule has 0 aliphatic rings. The SMILES string of the molecule is Cc1ccc(C(O)(C(F)(F)F)C(F)(F)F)cc1Cc1cc(C(O)(C(F)(F)F)C(F)(F)F)cc(Cc2cc(C(O)(C(F)(F)F)C(F)(F)F)ccc2C)c1C. The van der Waals surface area contributed by atoms with Crippen molar-refractivity contribution in [2.24, 2.45) is 0 Å². The molecule has 0 aliphatic carbocycles. The van der Waals surface area contributed by atoms with E-state index in [0.29, 0.717) is 12.1 Å². The van der Waals surface area contributed by atoms with E-state index in [0.717, 1.165) is 20.8 Å². The Labute approximate surface area is 286 Å². The van der Waals surface area contributed by atoms with E-state index in [9.17, 15) is 94.3 Å². The highest BCUT2D eigenvalue weighted by atomic mass is 19.4. The normalized spacial score (nSPS) is 14.6. The van der Waals surface area contributed by atoms with E-state index in [4.69, 9.17) is 0 Å². The lowest BCUT2D eigenvalue weighted by atomic mass is 9.82. The Morgan fingerprint density at radius 2 is 0.585 bits per heavy atom. The monoisotopic (exact) mass is 798 g/mol.